The standard InChI is InChI=1S/C26H21FN2O3S/c27-23-10-5-11-24(17-23)29-26(30)22-9-4-8-21(16-22)20-12-14-25(15-13-20)33(31,32)28-18-19-6-2-1-3-7-19/h1-17,28H,18H2,(H,29,30). The molecule has 0 bridgehead atoms. The first-order valence-corrected chi connectivity index (χ1v) is 11.7. The Morgan fingerprint density at radius 2 is 1.48 bits per heavy atom. The van der Waals surface area contributed by atoms with Gasteiger partial charge in [0.2, 0.25) is 10.0 Å². The molecule has 166 valence electrons. The monoisotopic (exact) mass is 460 g/mol. The molecule has 2 N–H and O–H groups in total. The number of carbonyl (C=O) groups is 1. The molecule has 0 aliphatic carbocycles. The second-order valence-electron chi connectivity index (χ2n) is 7.38. The summed E-state index contributed by atoms with van der Waals surface area (Å²) in [7, 11) is -3.66. The van der Waals surface area contributed by atoms with Crippen LogP contribution < -0.4 is 10.0 Å². The molecular formula is C26H21FN2O3S. The summed E-state index contributed by atoms with van der Waals surface area (Å²) in [6.45, 7) is 0.202. The highest BCUT2D eigenvalue weighted by Crippen LogP contribution is 2.23. The van der Waals surface area contributed by atoms with Gasteiger partial charge in [0.25, 0.3) is 5.91 Å². The number of halogens is 1. The van der Waals surface area contributed by atoms with E-state index in [4.69, 9.17) is 0 Å². The molecule has 4 rings (SSSR count). The van der Waals surface area contributed by atoms with Gasteiger partial charge in [-0.1, -0.05) is 60.7 Å². The third kappa shape index (κ3) is 5.71. The van der Waals surface area contributed by atoms with E-state index < -0.39 is 15.8 Å². The molecule has 1 amide bonds. The van der Waals surface area contributed by atoms with Crippen molar-refractivity contribution in [1.82, 2.24) is 4.72 Å². The normalized spacial score (nSPS) is 11.2. The van der Waals surface area contributed by atoms with E-state index in [0.717, 1.165) is 16.7 Å². The van der Waals surface area contributed by atoms with Crippen molar-refractivity contribution in [2.75, 3.05) is 5.32 Å². The Hall–Kier alpha value is -3.81. The molecule has 0 spiro atoms. The highest BCUT2D eigenvalue weighted by molar-refractivity contribution is 7.89. The Morgan fingerprint density at radius 1 is 0.758 bits per heavy atom. The average Bonchev–Trinajstić information content (AvgIpc) is 2.84. The molecule has 0 saturated carbocycles. The lowest BCUT2D eigenvalue weighted by molar-refractivity contribution is 0.102. The van der Waals surface area contributed by atoms with Crippen molar-refractivity contribution in [3.8, 4) is 11.1 Å². The van der Waals surface area contributed by atoms with E-state index >= 15 is 0 Å². The van der Waals surface area contributed by atoms with Crippen molar-refractivity contribution in [1.29, 1.82) is 0 Å². The molecule has 0 aliphatic heterocycles. The highest BCUT2D eigenvalue weighted by Gasteiger charge is 2.14. The molecule has 0 aliphatic rings. The molecule has 7 heteroatoms. The molecule has 0 unspecified atom stereocenters. The molecule has 0 radical (unpaired) electrons. The summed E-state index contributed by atoms with van der Waals surface area (Å²) in [6.07, 6.45) is 0. The lowest BCUT2D eigenvalue weighted by Crippen LogP contribution is -2.23. The summed E-state index contributed by atoms with van der Waals surface area (Å²) in [4.78, 5) is 12.7. The van der Waals surface area contributed by atoms with Crippen LogP contribution in [0.3, 0.4) is 0 Å². The Balaban J connectivity index is 1.48. The van der Waals surface area contributed by atoms with Crippen molar-refractivity contribution in [3.63, 3.8) is 0 Å². The van der Waals surface area contributed by atoms with Gasteiger partial charge in [-0.25, -0.2) is 17.5 Å². The molecule has 4 aromatic carbocycles. The van der Waals surface area contributed by atoms with Gasteiger partial charge in [-0.2, -0.15) is 0 Å². The maximum Gasteiger partial charge on any atom is 0.255 e. The van der Waals surface area contributed by atoms with Crippen LogP contribution in [0.2, 0.25) is 0 Å². The summed E-state index contributed by atoms with van der Waals surface area (Å²) < 4.78 is 41.2. The zero-order chi connectivity index (χ0) is 23.3. The zero-order valence-corrected chi connectivity index (χ0v) is 18.3. The first-order chi connectivity index (χ1) is 15.9. The van der Waals surface area contributed by atoms with E-state index in [1.807, 2.05) is 36.4 Å². The maximum atomic E-state index is 13.4. The zero-order valence-electron chi connectivity index (χ0n) is 17.5. The van der Waals surface area contributed by atoms with Crippen molar-refractivity contribution in [2.24, 2.45) is 0 Å². The number of benzene rings is 4. The van der Waals surface area contributed by atoms with Crippen LogP contribution >= 0.6 is 0 Å². The summed E-state index contributed by atoms with van der Waals surface area (Å²) in [6, 6.07) is 28.3. The van der Waals surface area contributed by atoms with Gasteiger partial charge in [0.1, 0.15) is 5.82 Å². The van der Waals surface area contributed by atoms with Crippen LogP contribution in [0, 0.1) is 5.82 Å². The van der Waals surface area contributed by atoms with E-state index in [-0.39, 0.29) is 17.3 Å². The van der Waals surface area contributed by atoms with Gasteiger partial charge < -0.3 is 5.32 Å². The molecule has 5 nitrogen and oxygen atoms in total. The Kier molecular flexibility index (Phi) is 6.63. The summed E-state index contributed by atoms with van der Waals surface area (Å²) >= 11 is 0. The fourth-order valence-corrected chi connectivity index (χ4v) is 4.31. The minimum Gasteiger partial charge on any atom is -0.322 e. The molecule has 4 aromatic rings. The highest BCUT2D eigenvalue weighted by atomic mass is 32.2. The number of amides is 1. The summed E-state index contributed by atoms with van der Waals surface area (Å²) in [5, 5.41) is 2.67. The van der Waals surface area contributed by atoms with E-state index in [9.17, 15) is 17.6 Å². The topological polar surface area (TPSA) is 75.3 Å². The number of anilines is 1. The number of sulfonamides is 1. The summed E-state index contributed by atoms with van der Waals surface area (Å²) in [5.41, 5.74) is 3.15. The van der Waals surface area contributed by atoms with Gasteiger partial charge in [0.15, 0.2) is 0 Å². The van der Waals surface area contributed by atoms with Gasteiger partial charge in [-0.3, -0.25) is 4.79 Å². The molecule has 0 fully saturated rings. The number of carbonyl (C=O) groups excluding carboxylic acids is 1. The van der Waals surface area contributed by atoms with Crippen LogP contribution in [0.25, 0.3) is 11.1 Å². The number of hydrogen-bond acceptors (Lipinski definition) is 3. The van der Waals surface area contributed by atoms with Crippen LogP contribution in [0.1, 0.15) is 15.9 Å². The van der Waals surface area contributed by atoms with Crippen LogP contribution in [-0.4, -0.2) is 14.3 Å². The molecule has 0 aromatic heterocycles. The van der Waals surface area contributed by atoms with E-state index in [0.29, 0.717) is 11.3 Å². The molecule has 0 heterocycles. The predicted octanol–water partition coefficient (Wildman–Crippen LogP) is 5.22. The first-order valence-electron chi connectivity index (χ1n) is 10.2. The van der Waals surface area contributed by atoms with Crippen molar-refractivity contribution in [3.05, 3.63) is 120 Å². The summed E-state index contributed by atoms with van der Waals surface area (Å²) in [5.74, 6) is -0.804. The minimum atomic E-state index is -3.66. The fourth-order valence-electron chi connectivity index (χ4n) is 3.29. The van der Waals surface area contributed by atoms with Gasteiger partial charge in [-0.15, -0.1) is 0 Å². The van der Waals surface area contributed by atoms with E-state index in [1.54, 1.807) is 36.4 Å². The number of hydrogen-bond donors (Lipinski definition) is 2. The smallest absolute Gasteiger partial charge is 0.255 e. The Labute approximate surface area is 192 Å². The maximum absolute atomic E-state index is 13.4. The molecule has 0 atom stereocenters. The number of nitrogens with one attached hydrogen (secondary N) is 2. The van der Waals surface area contributed by atoms with Gasteiger partial charge in [-0.05, 0) is 59.2 Å². The second-order valence-corrected chi connectivity index (χ2v) is 9.15. The van der Waals surface area contributed by atoms with Crippen molar-refractivity contribution in [2.45, 2.75) is 11.4 Å². The van der Waals surface area contributed by atoms with Crippen LogP contribution in [0.15, 0.2) is 108 Å². The predicted molar refractivity (Wildman–Crippen MR) is 127 cm³/mol. The fraction of sp³-hybridized carbons (Fsp3) is 0.0385. The van der Waals surface area contributed by atoms with Crippen molar-refractivity contribution >= 4 is 21.6 Å². The third-order valence-corrected chi connectivity index (χ3v) is 6.43. The minimum absolute atomic E-state index is 0.155. The third-order valence-electron chi connectivity index (χ3n) is 5.01. The van der Waals surface area contributed by atoms with Gasteiger partial charge >= 0.3 is 0 Å². The molecule has 0 saturated heterocycles. The van der Waals surface area contributed by atoms with Crippen molar-refractivity contribution < 1.29 is 17.6 Å². The lowest BCUT2D eigenvalue weighted by Gasteiger charge is -2.09. The largest absolute Gasteiger partial charge is 0.322 e. The first kappa shape index (κ1) is 22.4. The van der Waals surface area contributed by atoms with Crippen LogP contribution in [0.5, 0.6) is 0 Å². The quantitative estimate of drug-likeness (QED) is 0.397. The van der Waals surface area contributed by atoms with Gasteiger partial charge in [0, 0.05) is 17.8 Å². The second kappa shape index (κ2) is 9.77. The molecule has 33 heavy (non-hydrogen) atoms. The molecular weight excluding hydrogens is 439 g/mol. The SMILES string of the molecule is O=C(Nc1cccc(F)c1)c1cccc(-c2ccc(S(=O)(=O)NCc3ccccc3)cc2)c1. The Morgan fingerprint density at radius 3 is 2.21 bits per heavy atom. The Bertz CT molecular complexity index is 1370. The lowest BCUT2D eigenvalue weighted by atomic mass is 10.0. The van der Waals surface area contributed by atoms with Crippen LogP contribution in [0.4, 0.5) is 10.1 Å². The van der Waals surface area contributed by atoms with E-state index in [2.05, 4.69) is 10.0 Å². The van der Waals surface area contributed by atoms with Crippen LogP contribution in [-0.2, 0) is 16.6 Å². The van der Waals surface area contributed by atoms with Gasteiger partial charge in [0.05, 0.1) is 4.90 Å². The number of rotatable bonds is 7. The average molecular weight is 461 g/mol. The van der Waals surface area contributed by atoms with E-state index in [1.165, 1.54) is 30.3 Å².